The van der Waals surface area contributed by atoms with Crippen LogP contribution >= 0.6 is 0 Å². The van der Waals surface area contributed by atoms with Gasteiger partial charge in [-0.3, -0.25) is 4.79 Å². The van der Waals surface area contributed by atoms with Crippen LogP contribution in [-0.2, 0) is 11.2 Å². The number of rotatable bonds is 7. The number of hydrogen-bond acceptors (Lipinski definition) is 4. The summed E-state index contributed by atoms with van der Waals surface area (Å²) in [6, 6.07) is 16.9. The van der Waals surface area contributed by atoms with Gasteiger partial charge in [0, 0.05) is 12.6 Å². The highest BCUT2D eigenvalue weighted by Crippen LogP contribution is 2.26. The average Bonchev–Trinajstić information content (AvgIpc) is 3.18. The minimum atomic E-state index is -0.140. The first-order valence-corrected chi connectivity index (χ1v) is 8.75. The maximum atomic E-state index is 12.3. The van der Waals surface area contributed by atoms with E-state index in [0.717, 1.165) is 11.3 Å². The molecule has 0 radical (unpaired) electrons. The highest BCUT2D eigenvalue weighted by molar-refractivity contribution is 5.92. The molecule has 0 bridgehead atoms. The molecule has 3 rings (SSSR count). The fourth-order valence-electron chi connectivity index (χ4n) is 2.66. The van der Waals surface area contributed by atoms with E-state index < -0.39 is 0 Å². The summed E-state index contributed by atoms with van der Waals surface area (Å²) in [6.45, 7) is 2.35. The third-order valence-electron chi connectivity index (χ3n) is 3.98. The molecule has 0 aliphatic heterocycles. The molecule has 0 fully saturated rings. The molecular weight excluding hydrogens is 340 g/mol. The van der Waals surface area contributed by atoms with E-state index in [2.05, 4.69) is 16.5 Å². The standard InChI is InChI=1S/C21H20N4O2/c1-2-27-20-10-8-16(13-22)12-19(20)24-21(26)11-9-17-14-23-25(15-17)18-6-4-3-5-7-18/h3-8,10,12,14-15H,2,9,11H2,1H3,(H,24,26). The Morgan fingerprint density at radius 1 is 1.26 bits per heavy atom. The molecule has 0 spiro atoms. The van der Waals surface area contributed by atoms with Crippen molar-refractivity contribution in [1.29, 1.82) is 5.26 Å². The average molecular weight is 360 g/mol. The monoisotopic (exact) mass is 360 g/mol. The number of aryl methyl sites for hydroxylation is 1. The minimum Gasteiger partial charge on any atom is -0.492 e. The Hall–Kier alpha value is -3.59. The van der Waals surface area contributed by atoms with Crippen LogP contribution < -0.4 is 10.1 Å². The van der Waals surface area contributed by atoms with E-state index in [0.29, 0.717) is 36.4 Å². The minimum absolute atomic E-state index is 0.140. The number of carbonyl (C=O) groups is 1. The Morgan fingerprint density at radius 2 is 2.07 bits per heavy atom. The summed E-state index contributed by atoms with van der Waals surface area (Å²) in [5.41, 5.74) is 2.94. The number of carbonyl (C=O) groups excluding carboxylic acids is 1. The molecule has 0 aliphatic rings. The van der Waals surface area contributed by atoms with Gasteiger partial charge < -0.3 is 10.1 Å². The molecule has 6 nitrogen and oxygen atoms in total. The van der Waals surface area contributed by atoms with E-state index in [4.69, 9.17) is 10.00 Å². The number of benzene rings is 2. The van der Waals surface area contributed by atoms with Gasteiger partial charge in [0.05, 0.1) is 35.8 Å². The molecule has 2 aromatic carbocycles. The van der Waals surface area contributed by atoms with Crippen molar-refractivity contribution in [3.8, 4) is 17.5 Å². The number of nitriles is 1. The quantitative estimate of drug-likeness (QED) is 0.696. The number of hydrogen-bond donors (Lipinski definition) is 1. The van der Waals surface area contributed by atoms with Crippen LogP contribution in [0.25, 0.3) is 5.69 Å². The molecule has 6 heteroatoms. The SMILES string of the molecule is CCOc1ccc(C#N)cc1NC(=O)CCc1cnn(-c2ccccc2)c1. The van der Waals surface area contributed by atoms with Crippen molar-refractivity contribution in [3.05, 3.63) is 72.1 Å². The van der Waals surface area contributed by atoms with Gasteiger partial charge in [-0.15, -0.1) is 0 Å². The second-order valence-electron chi connectivity index (χ2n) is 5.93. The van der Waals surface area contributed by atoms with Crippen LogP contribution in [0.2, 0.25) is 0 Å². The van der Waals surface area contributed by atoms with Gasteiger partial charge >= 0.3 is 0 Å². The maximum Gasteiger partial charge on any atom is 0.224 e. The van der Waals surface area contributed by atoms with Crippen molar-refractivity contribution in [3.63, 3.8) is 0 Å². The highest BCUT2D eigenvalue weighted by Gasteiger charge is 2.10. The van der Waals surface area contributed by atoms with E-state index in [1.807, 2.05) is 43.5 Å². The lowest BCUT2D eigenvalue weighted by molar-refractivity contribution is -0.116. The van der Waals surface area contributed by atoms with E-state index in [9.17, 15) is 4.79 Å². The third kappa shape index (κ3) is 4.73. The van der Waals surface area contributed by atoms with E-state index in [-0.39, 0.29) is 5.91 Å². The van der Waals surface area contributed by atoms with Gasteiger partial charge in [-0.05, 0) is 49.2 Å². The Morgan fingerprint density at radius 3 is 2.81 bits per heavy atom. The molecule has 3 aromatic rings. The molecule has 0 atom stereocenters. The van der Waals surface area contributed by atoms with Crippen LogP contribution in [0.15, 0.2) is 60.9 Å². The molecule has 1 N–H and O–H groups in total. The second-order valence-corrected chi connectivity index (χ2v) is 5.93. The van der Waals surface area contributed by atoms with Crippen molar-refractivity contribution in [2.75, 3.05) is 11.9 Å². The smallest absolute Gasteiger partial charge is 0.224 e. The number of nitrogens with one attached hydrogen (secondary N) is 1. The summed E-state index contributed by atoms with van der Waals surface area (Å²) >= 11 is 0. The number of ether oxygens (including phenoxy) is 1. The predicted molar refractivity (Wildman–Crippen MR) is 103 cm³/mol. The Bertz CT molecular complexity index is 958. The number of aromatic nitrogens is 2. The van der Waals surface area contributed by atoms with Crippen LogP contribution in [0.4, 0.5) is 5.69 Å². The highest BCUT2D eigenvalue weighted by atomic mass is 16.5. The largest absolute Gasteiger partial charge is 0.492 e. The Labute approximate surface area is 158 Å². The fraction of sp³-hybridized carbons (Fsp3) is 0.190. The number of para-hydroxylation sites is 1. The van der Waals surface area contributed by atoms with Crippen molar-refractivity contribution in [2.45, 2.75) is 19.8 Å². The van der Waals surface area contributed by atoms with Crippen LogP contribution in [0.5, 0.6) is 5.75 Å². The Balaban J connectivity index is 1.62. The van der Waals surface area contributed by atoms with Crippen molar-refractivity contribution in [1.82, 2.24) is 9.78 Å². The van der Waals surface area contributed by atoms with Gasteiger partial charge in [0.15, 0.2) is 0 Å². The first-order valence-electron chi connectivity index (χ1n) is 8.75. The van der Waals surface area contributed by atoms with Crippen molar-refractivity contribution < 1.29 is 9.53 Å². The van der Waals surface area contributed by atoms with Crippen molar-refractivity contribution >= 4 is 11.6 Å². The molecule has 0 aliphatic carbocycles. The molecule has 136 valence electrons. The van der Waals surface area contributed by atoms with E-state index in [1.165, 1.54) is 0 Å². The number of amides is 1. The number of anilines is 1. The Kier molecular flexibility index (Phi) is 5.85. The van der Waals surface area contributed by atoms with Gasteiger partial charge in [0.2, 0.25) is 5.91 Å². The molecule has 0 saturated heterocycles. The predicted octanol–water partition coefficient (Wildman–Crippen LogP) is 3.71. The van der Waals surface area contributed by atoms with Crippen molar-refractivity contribution in [2.24, 2.45) is 0 Å². The van der Waals surface area contributed by atoms with Crippen LogP contribution in [0, 0.1) is 11.3 Å². The molecule has 1 aromatic heterocycles. The summed E-state index contributed by atoms with van der Waals surface area (Å²) in [7, 11) is 0. The van der Waals surface area contributed by atoms with Crippen LogP contribution in [0.3, 0.4) is 0 Å². The molecule has 0 saturated carbocycles. The van der Waals surface area contributed by atoms with Crippen LogP contribution in [0.1, 0.15) is 24.5 Å². The molecule has 27 heavy (non-hydrogen) atoms. The summed E-state index contributed by atoms with van der Waals surface area (Å²) in [5.74, 6) is 0.417. The van der Waals surface area contributed by atoms with E-state index in [1.54, 1.807) is 29.1 Å². The second kappa shape index (κ2) is 8.68. The first kappa shape index (κ1) is 18.2. The zero-order chi connectivity index (χ0) is 19.1. The first-order chi connectivity index (χ1) is 13.2. The van der Waals surface area contributed by atoms with Gasteiger partial charge in [-0.2, -0.15) is 10.4 Å². The maximum absolute atomic E-state index is 12.3. The van der Waals surface area contributed by atoms with Gasteiger partial charge in [-0.25, -0.2) is 4.68 Å². The van der Waals surface area contributed by atoms with Gasteiger partial charge in [-0.1, -0.05) is 18.2 Å². The van der Waals surface area contributed by atoms with Gasteiger partial charge in [0.1, 0.15) is 5.75 Å². The normalized spacial score (nSPS) is 10.2. The molecule has 1 amide bonds. The zero-order valence-electron chi connectivity index (χ0n) is 15.1. The molecule has 1 heterocycles. The third-order valence-corrected chi connectivity index (χ3v) is 3.98. The molecular formula is C21H20N4O2. The fourth-order valence-corrected chi connectivity index (χ4v) is 2.66. The summed E-state index contributed by atoms with van der Waals surface area (Å²) < 4.78 is 7.30. The topological polar surface area (TPSA) is 79.9 Å². The van der Waals surface area contributed by atoms with Gasteiger partial charge in [0.25, 0.3) is 0 Å². The summed E-state index contributed by atoms with van der Waals surface area (Å²) in [4.78, 5) is 12.3. The van der Waals surface area contributed by atoms with E-state index >= 15 is 0 Å². The lowest BCUT2D eigenvalue weighted by Gasteiger charge is -2.11. The number of nitrogens with zero attached hydrogens (tertiary/aromatic N) is 3. The molecule has 0 unspecified atom stereocenters. The lowest BCUT2D eigenvalue weighted by atomic mass is 10.1. The van der Waals surface area contributed by atoms with Crippen LogP contribution in [-0.4, -0.2) is 22.3 Å². The summed E-state index contributed by atoms with van der Waals surface area (Å²) in [6.07, 6.45) is 4.57. The zero-order valence-corrected chi connectivity index (χ0v) is 15.1. The summed E-state index contributed by atoms with van der Waals surface area (Å²) in [5, 5.41) is 16.2. The lowest BCUT2D eigenvalue weighted by Crippen LogP contribution is -2.13.